The predicted octanol–water partition coefficient (Wildman–Crippen LogP) is 2.46. The first-order valence-corrected chi connectivity index (χ1v) is 5.21. The monoisotopic (exact) mass is 216 g/mol. The zero-order valence-electron chi connectivity index (χ0n) is 8.06. The summed E-state index contributed by atoms with van der Waals surface area (Å²) < 4.78 is 0. The molecule has 0 saturated heterocycles. The van der Waals surface area contributed by atoms with Gasteiger partial charge in [0.25, 0.3) is 0 Å². The number of pyridine rings is 1. The maximum Gasteiger partial charge on any atom is 0.188 e. The first kappa shape index (κ1) is 9.62. The van der Waals surface area contributed by atoms with Gasteiger partial charge in [-0.15, -0.1) is 11.3 Å². The van der Waals surface area contributed by atoms with Crippen molar-refractivity contribution in [3.63, 3.8) is 0 Å². The molecule has 0 unspecified atom stereocenters. The molecule has 2 aromatic rings. The fraction of sp³-hybridized carbons (Fsp3) is 0.100. The van der Waals surface area contributed by atoms with Crippen LogP contribution in [0.1, 0.15) is 11.3 Å². The molecular weight excluding hydrogens is 208 g/mol. The molecule has 74 valence electrons. The molecule has 0 aromatic carbocycles. The van der Waals surface area contributed by atoms with Crippen LogP contribution in [0.15, 0.2) is 23.7 Å². The molecule has 4 nitrogen and oxygen atoms in total. The van der Waals surface area contributed by atoms with Crippen molar-refractivity contribution < 1.29 is 0 Å². The van der Waals surface area contributed by atoms with Crippen molar-refractivity contribution in [1.82, 2.24) is 9.97 Å². The van der Waals surface area contributed by atoms with E-state index in [0.717, 1.165) is 10.8 Å². The van der Waals surface area contributed by atoms with E-state index in [1.165, 1.54) is 17.5 Å². The number of aromatic nitrogens is 2. The second-order valence-corrected chi connectivity index (χ2v) is 3.82. The van der Waals surface area contributed by atoms with E-state index < -0.39 is 0 Å². The van der Waals surface area contributed by atoms with E-state index >= 15 is 0 Å². The Kier molecular flexibility index (Phi) is 2.61. The van der Waals surface area contributed by atoms with Crippen LogP contribution in [0, 0.1) is 18.3 Å². The quantitative estimate of drug-likeness (QED) is 0.837. The van der Waals surface area contributed by atoms with Gasteiger partial charge in [0, 0.05) is 11.6 Å². The summed E-state index contributed by atoms with van der Waals surface area (Å²) in [5, 5.41) is 14.4. The Bertz CT molecular complexity index is 495. The molecule has 0 amide bonds. The summed E-state index contributed by atoms with van der Waals surface area (Å²) in [7, 11) is 0. The third kappa shape index (κ3) is 2.30. The van der Waals surface area contributed by atoms with Crippen LogP contribution in [-0.2, 0) is 0 Å². The minimum Gasteiger partial charge on any atom is -0.316 e. The van der Waals surface area contributed by atoms with E-state index in [1.54, 1.807) is 12.1 Å². The van der Waals surface area contributed by atoms with Gasteiger partial charge in [-0.3, -0.25) is 0 Å². The lowest BCUT2D eigenvalue weighted by molar-refractivity contribution is 1.23. The Labute approximate surface area is 91.2 Å². The molecule has 0 atom stereocenters. The summed E-state index contributed by atoms with van der Waals surface area (Å²) in [6.45, 7) is 1.94. The van der Waals surface area contributed by atoms with E-state index in [9.17, 15) is 0 Å². The predicted molar refractivity (Wildman–Crippen MR) is 59.1 cm³/mol. The summed E-state index contributed by atoms with van der Waals surface area (Å²) in [5.74, 6) is 0.698. The molecule has 2 aromatic heterocycles. The topological polar surface area (TPSA) is 61.6 Å². The molecule has 0 spiro atoms. The first-order chi connectivity index (χ1) is 7.28. The number of rotatable bonds is 2. The molecule has 1 N–H and O–H groups in total. The van der Waals surface area contributed by atoms with Crippen molar-refractivity contribution in [3.05, 3.63) is 35.0 Å². The van der Waals surface area contributed by atoms with Crippen LogP contribution >= 0.6 is 11.3 Å². The fourth-order valence-corrected chi connectivity index (χ4v) is 1.75. The van der Waals surface area contributed by atoms with Gasteiger partial charge in [0.15, 0.2) is 5.13 Å². The maximum atomic E-state index is 8.60. The van der Waals surface area contributed by atoms with Gasteiger partial charge in [-0.2, -0.15) is 5.26 Å². The molecule has 0 radical (unpaired) electrons. The highest BCUT2D eigenvalue weighted by atomic mass is 32.1. The van der Waals surface area contributed by atoms with Crippen molar-refractivity contribution in [2.75, 3.05) is 5.32 Å². The Morgan fingerprint density at radius 3 is 2.87 bits per heavy atom. The molecule has 0 fully saturated rings. The smallest absolute Gasteiger partial charge is 0.188 e. The van der Waals surface area contributed by atoms with Gasteiger partial charge >= 0.3 is 0 Å². The second kappa shape index (κ2) is 4.07. The van der Waals surface area contributed by atoms with Gasteiger partial charge < -0.3 is 5.32 Å². The largest absolute Gasteiger partial charge is 0.316 e. The highest BCUT2D eigenvalue weighted by molar-refractivity contribution is 7.13. The van der Waals surface area contributed by atoms with Crippen LogP contribution in [0.2, 0.25) is 0 Å². The van der Waals surface area contributed by atoms with Crippen molar-refractivity contribution in [1.29, 1.82) is 5.26 Å². The number of aryl methyl sites for hydroxylation is 1. The van der Waals surface area contributed by atoms with Gasteiger partial charge in [0.05, 0.1) is 11.3 Å². The zero-order valence-corrected chi connectivity index (χ0v) is 8.88. The second-order valence-electron chi connectivity index (χ2n) is 2.96. The normalized spacial score (nSPS) is 9.60. The number of hydrogen-bond acceptors (Lipinski definition) is 5. The Balaban J connectivity index is 2.15. The number of nitrogens with one attached hydrogen (secondary N) is 1. The molecule has 0 saturated carbocycles. The lowest BCUT2D eigenvalue weighted by Gasteiger charge is -1.99. The fourth-order valence-electron chi connectivity index (χ4n) is 1.05. The average Bonchev–Trinajstić information content (AvgIpc) is 2.65. The number of nitriles is 1. The number of thiazole rings is 1. The molecule has 0 aliphatic heterocycles. The molecular formula is C10H8N4S. The van der Waals surface area contributed by atoms with E-state index in [0.29, 0.717) is 11.4 Å². The molecule has 5 heteroatoms. The average molecular weight is 216 g/mol. The number of anilines is 2. The third-order valence-corrected chi connectivity index (χ3v) is 2.62. The number of hydrogen-bond donors (Lipinski definition) is 1. The van der Waals surface area contributed by atoms with Gasteiger partial charge in [-0.25, -0.2) is 9.97 Å². The van der Waals surface area contributed by atoms with Crippen molar-refractivity contribution >= 4 is 22.3 Å². The highest BCUT2D eigenvalue weighted by Crippen LogP contribution is 2.18. The maximum absolute atomic E-state index is 8.60. The standard InChI is InChI=1S/C10H8N4S/c1-7-6-15-10(13-7)14-9-3-2-8(4-11)5-12-9/h2-3,5-6H,1H3,(H,12,13,14). The summed E-state index contributed by atoms with van der Waals surface area (Å²) in [6, 6.07) is 5.50. The van der Waals surface area contributed by atoms with Gasteiger partial charge in [-0.05, 0) is 19.1 Å². The summed E-state index contributed by atoms with van der Waals surface area (Å²) in [5.41, 5.74) is 1.53. The van der Waals surface area contributed by atoms with E-state index in [4.69, 9.17) is 5.26 Å². The molecule has 0 bridgehead atoms. The van der Waals surface area contributed by atoms with Crippen LogP contribution in [-0.4, -0.2) is 9.97 Å². The molecule has 0 aliphatic rings. The first-order valence-electron chi connectivity index (χ1n) is 4.33. The van der Waals surface area contributed by atoms with Crippen molar-refractivity contribution in [2.45, 2.75) is 6.92 Å². The molecule has 2 heterocycles. The molecule has 15 heavy (non-hydrogen) atoms. The van der Waals surface area contributed by atoms with Crippen molar-refractivity contribution in [2.24, 2.45) is 0 Å². The van der Waals surface area contributed by atoms with Crippen LogP contribution in [0.4, 0.5) is 10.9 Å². The van der Waals surface area contributed by atoms with Crippen molar-refractivity contribution in [3.8, 4) is 6.07 Å². The zero-order chi connectivity index (χ0) is 10.7. The Morgan fingerprint density at radius 2 is 2.33 bits per heavy atom. The summed E-state index contributed by atoms with van der Waals surface area (Å²) >= 11 is 1.53. The lowest BCUT2D eigenvalue weighted by atomic mass is 10.3. The molecule has 2 rings (SSSR count). The van der Waals surface area contributed by atoms with E-state index in [2.05, 4.69) is 15.3 Å². The van der Waals surface area contributed by atoms with E-state index in [1.807, 2.05) is 18.4 Å². The van der Waals surface area contributed by atoms with Crippen LogP contribution in [0.3, 0.4) is 0 Å². The minimum atomic E-state index is 0.552. The van der Waals surface area contributed by atoms with Crippen LogP contribution in [0.25, 0.3) is 0 Å². The van der Waals surface area contributed by atoms with Gasteiger partial charge in [0.1, 0.15) is 11.9 Å². The van der Waals surface area contributed by atoms with Crippen LogP contribution in [0.5, 0.6) is 0 Å². The molecule has 0 aliphatic carbocycles. The van der Waals surface area contributed by atoms with Crippen LogP contribution < -0.4 is 5.32 Å². The lowest BCUT2D eigenvalue weighted by Crippen LogP contribution is -1.92. The Morgan fingerprint density at radius 1 is 1.47 bits per heavy atom. The SMILES string of the molecule is Cc1csc(Nc2ccc(C#N)cn2)n1. The summed E-state index contributed by atoms with van der Waals surface area (Å²) in [4.78, 5) is 8.34. The third-order valence-electron chi connectivity index (χ3n) is 1.75. The number of nitrogens with zero attached hydrogens (tertiary/aromatic N) is 3. The van der Waals surface area contributed by atoms with E-state index in [-0.39, 0.29) is 0 Å². The Hall–Kier alpha value is -1.93. The van der Waals surface area contributed by atoms with Gasteiger partial charge in [-0.1, -0.05) is 0 Å². The highest BCUT2D eigenvalue weighted by Gasteiger charge is 1.99. The minimum absolute atomic E-state index is 0.552. The van der Waals surface area contributed by atoms with Gasteiger partial charge in [0.2, 0.25) is 0 Å². The summed E-state index contributed by atoms with van der Waals surface area (Å²) in [6.07, 6.45) is 1.53.